The summed E-state index contributed by atoms with van der Waals surface area (Å²) in [6.45, 7) is 7.84. The Morgan fingerprint density at radius 2 is 1.64 bits per heavy atom. The van der Waals surface area contributed by atoms with Gasteiger partial charge in [0.2, 0.25) is 10.0 Å². The number of carbonyl (C=O) groups excluding carboxylic acids is 1. The van der Waals surface area contributed by atoms with Gasteiger partial charge in [-0.25, -0.2) is 8.42 Å². The quantitative estimate of drug-likeness (QED) is 0.807. The van der Waals surface area contributed by atoms with Crippen LogP contribution in [-0.4, -0.2) is 68.9 Å². The molecule has 0 aromatic heterocycles. The van der Waals surface area contributed by atoms with E-state index in [1.807, 2.05) is 20.9 Å². The highest BCUT2D eigenvalue weighted by Gasteiger charge is 2.27. The van der Waals surface area contributed by atoms with E-state index >= 15 is 0 Å². The summed E-state index contributed by atoms with van der Waals surface area (Å²) in [6, 6.07) is 6.26. The second-order valence-electron chi connectivity index (χ2n) is 6.60. The van der Waals surface area contributed by atoms with Crippen molar-refractivity contribution in [3.05, 3.63) is 24.3 Å². The molecule has 0 unspecified atom stereocenters. The van der Waals surface area contributed by atoms with Crippen molar-refractivity contribution >= 4 is 15.9 Å². The zero-order valence-corrected chi connectivity index (χ0v) is 16.0. The van der Waals surface area contributed by atoms with E-state index < -0.39 is 16.1 Å². The Morgan fingerprint density at radius 1 is 1.08 bits per heavy atom. The van der Waals surface area contributed by atoms with E-state index in [2.05, 4.69) is 10.2 Å². The molecule has 1 fully saturated rings. The zero-order valence-electron chi connectivity index (χ0n) is 15.2. The Morgan fingerprint density at radius 3 is 2.16 bits per heavy atom. The van der Waals surface area contributed by atoms with Gasteiger partial charge in [-0.1, -0.05) is 0 Å². The van der Waals surface area contributed by atoms with Crippen molar-refractivity contribution in [3.63, 3.8) is 0 Å². The molecule has 7 nitrogen and oxygen atoms in total. The van der Waals surface area contributed by atoms with Crippen LogP contribution in [0.1, 0.15) is 20.8 Å². The number of hydrogen-bond acceptors (Lipinski definition) is 5. The molecule has 0 bridgehead atoms. The highest BCUT2D eigenvalue weighted by molar-refractivity contribution is 7.89. The van der Waals surface area contributed by atoms with Crippen molar-refractivity contribution in [2.75, 3.05) is 33.2 Å². The fraction of sp³-hybridized carbons (Fsp3) is 0.588. The molecule has 1 N–H and O–H groups in total. The minimum atomic E-state index is -3.49. The first-order chi connectivity index (χ1) is 11.7. The fourth-order valence-electron chi connectivity index (χ4n) is 2.53. The Hall–Kier alpha value is -1.64. The summed E-state index contributed by atoms with van der Waals surface area (Å²) in [7, 11) is -1.51. The predicted molar refractivity (Wildman–Crippen MR) is 96.1 cm³/mol. The van der Waals surface area contributed by atoms with Gasteiger partial charge in [-0.05, 0) is 52.1 Å². The maximum Gasteiger partial charge on any atom is 0.260 e. The molecule has 1 aromatic carbocycles. The number of nitrogens with one attached hydrogen (secondary N) is 1. The Kier molecular flexibility index (Phi) is 6.42. The summed E-state index contributed by atoms with van der Waals surface area (Å²) >= 11 is 0. The summed E-state index contributed by atoms with van der Waals surface area (Å²) in [5.41, 5.74) is 0. The van der Waals surface area contributed by atoms with E-state index in [0.29, 0.717) is 18.8 Å². The lowest BCUT2D eigenvalue weighted by Crippen LogP contribution is -2.46. The molecule has 1 heterocycles. The Labute approximate surface area is 150 Å². The molecule has 25 heavy (non-hydrogen) atoms. The smallest absolute Gasteiger partial charge is 0.260 e. The highest BCUT2D eigenvalue weighted by atomic mass is 32.2. The topological polar surface area (TPSA) is 78.9 Å². The first kappa shape index (κ1) is 19.7. The molecule has 140 valence electrons. The van der Waals surface area contributed by atoms with Gasteiger partial charge in [0.25, 0.3) is 5.91 Å². The van der Waals surface area contributed by atoms with Gasteiger partial charge in [0.15, 0.2) is 6.10 Å². The normalized spacial score (nSPS) is 18.1. The van der Waals surface area contributed by atoms with E-state index in [4.69, 9.17) is 4.74 Å². The summed E-state index contributed by atoms with van der Waals surface area (Å²) in [5.74, 6) is 0.257. The third kappa shape index (κ3) is 5.17. The second kappa shape index (κ2) is 8.16. The minimum Gasteiger partial charge on any atom is -0.481 e. The lowest BCUT2D eigenvalue weighted by atomic mass is 10.3. The SMILES string of the molecule is CC(C)NC(=O)[C@H](C)Oc1ccc(S(=O)(=O)N2CCN(C)CC2)cc1. The van der Waals surface area contributed by atoms with Gasteiger partial charge in [0.1, 0.15) is 5.75 Å². The van der Waals surface area contributed by atoms with Crippen molar-refractivity contribution in [2.45, 2.75) is 37.8 Å². The van der Waals surface area contributed by atoms with Gasteiger partial charge in [-0.15, -0.1) is 0 Å². The molecule has 0 spiro atoms. The average molecular weight is 369 g/mol. The van der Waals surface area contributed by atoms with Gasteiger partial charge < -0.3 is 15.0 Å². The van der Waals surface area contributed by atoms with Crippen LogP contribution in [0.3, 0.4) is 0 Å². The molecule has 0 aliphatic carbocycles. The lowest BCUT2D eigenvalue weighted by molar-refractivity contribution is -0.127. The van der Waals surface area contributed by atoms with Gasteiger partial charge >= 0.3 is 0 Å². The number of sulfonamides is 1. The van der Waals surface area contributed by atoms with Gasteiger partial charge in [0.05, 0.1) is 4.90 Å². The van der Waals surface area contributed by atoms with Crippen molar-refractivity contribution in [2.24, 2.45) is 0 Å². The van der Waals surface area contributed by atoms with E-state index in [9.17, 15) is 13.2 Å². The number of piperazine rings is 1. The van der Waals surface area contributed by atoms with Crippen LogP contribution >= 0.6 is 0 Å². The zero-order chi connectivity index (χ0) is 18.6. The largest absolute Gasteiger partial charge is 0.481 e. The molecule has 0 radical (unpaired) electrons. The van der Waals surface area contributed by atoms with Gasteiger partial charge in [-0.3, -0.25) is 4.79 Å². The van der Waals surface area contributed by atoms with Gasteiger partial charge in [-0.2, -0.15) is 4.31 Å². The van der Waals surface area contributed by atoms with Crippen molar-refractivity contribution < 1.29 is 17.9 Å². The number of ether oxygens (including phenoxy) is 1. The average Bonchev–Trinajstić information content (AvgIpc) is 2.55. The van der Waals surface area contributed by atoms with Crippen LogP contribution < -0.4 is 10.1 Å². The molecular formula is C17H27N3O4S. The van der Waals surface area contributed by atoms with E-state index in [1.165, 1.54) is 16.4 Å². The molecule has 1 aliphatic rings. The minimum absolute atomic E-state index is 0.0367. The van der Waals surface area contributed by atoms with E-state index in [1.54, 1.807) is 19.1 Å². The van der Waals surface area contributed by atoms with Crippen molar-refractivity contribution in [1.29, 1.82) is 0 Å². The fourth-order valence-corrected chi connectivity index (χ4v) is 3.95. The molecule has 8 heteroatoms. The predicted octanol–water partition coefficient (Wildman–Crippen LogP) is 0.915. The first-order valence-corrected chi connectivity index (χ1v) is 9.90. The third-order valence-corrected chi connectivity index (χ3v) is 5.95. The molecule has 2 rings (SSSR count). The Balaban J connectivity index is 2.03. The summed E-state index contributed by atoms with van der Waals surface area (Å²) in [6.07, 6.45) is -0.650. The second-order valence-corrected chi connectivity index (χ2v) is 8.54. The standard InChI is InChI=1S/C17H27N3O4S/c1-13(2)18-17(21)14(3)24-15-5-7-16(8-6-15)25(22,23)20-11-9-19(4)10-12-20/h5-8,13-14H,9-12H2,1-4H3,(H,18,21)/t14-/m0/s1. The molecule has 1 aliphatic heterocycles. The molecule has 1 aromatic rings. The van der Waals surface area contributed by atoms with E-state index in [-0.39, 0.29) is 16.8 Å². The number of benzene rings is 1. The number of carbonyl (C=O) groups is 1. The maximum absolute atomic E-state index is 12.7. The molecule has 1 saturated heterocycles. The first-order valence-electron chi connectivity index (χ1n) is 8.46. The number of likely N-dealkylation sites (N-methyl/N-ethyl adjacent to an activating group) is 1. The third-order valence-electron chi connectivity index (χ3n) is 4.04. The summed E-state index contributed by atoms with van der Waals surface area (Å²) < 4.78 is 32.4. The van der Waals surface area contributed by atoms with Gasteiger partial charge in [0, 0.05) is 32.2 Å². The maximum atomic E-state index is 12.7. The lowest BCUT2D eigenvalue weighted by Gasteiger charge is -2.31. The molecule has 0 saturated carbocycles. The van der Waals surface area contributed by atoms with E-state index in [0.717, 1.165) is 13.1 Å². The number of hydrogen-bond donors (Lipinski definition) is 1. The summed E-state index contributed by atoms with van der Waals surface area (Å²) in [5, 5.41) is 2.77. The molecule has 1 amide bonds. The Bertz CT molecular complexity index is 680. The van der Waals surface area contributed by atoms with Crippen LogP contribution in [0.25, 0.3) is 0 Å². The number of nitrogens with zero attached hydrogens (tertiary/aromatic N) is 2. The summed E-state index contributed by atoms with van der Waals surface area (Å²) in [4.78, 5) is 14.2. The van der Waals surface area contributed by atoms with Crippen LogP contribution in [0.5, 0.6) is 5.75 Å². The monoisotopic (exact) mass is 369 g/mol. The van der Waals surface area contributed by atoms with Crippen LogP contribution in [-0.2, 0) is 14.8 Å². The van der Waals surface area contributed by atoms with Crippen LogP contribution in [0.4, 0.5) is 0 Å². The highest BCUT2D eigenvalue weighted by Crippen LogP contribution is 2.21. The molecule has 1 atom stereocenters. The van der Waals surface area contributed by atoms with Crippen LogP contribution in [0, 0.1) is 0 Å². The number of amides is 1. The van der Waals surface area contributed by atoms with Crippen molar-refractivity contribution in [1.82, 2.24) is 14.5 Å². The number of rotatable bonds is 6. The molecular weight excluding hydrogens is 342 g/mol. The van der Waals surface area contributed by atoms with Crippen LogP contribution in [0.15, 0.2) is 29.2 Å². The van der Waals surface area contributed by atoms with Crippen LogP contribution in [0.2, 0.25) is 0 Å². The van der Waals surface area contributed by atoms with Crippen molar-refractivity contribution in [3.8, 4) is 5.75 Å².